The fourth-order valence-electron chi connectivity index (χ4n) is 4.08. The molecule has 1 aromatic heterocycles. The maximum atomic E-state index is 13.1. The molecular formula is C29H38ClN5O4. The van der Waals surface area contributed by atoms with Gasteiger partial charge in [0.05, 0.1) is 28.9 Å². The fourth-order valence-corrected chi connectivity index (χ4v) is 4.31. The smallest absolute Gasteiger partial charge is 0.251 e. The molecule has 0 fully saturated rings. The van der Waals surface area contributed by atoms with Crippen molar-refractivity contribution in [2.75, 3.05) is 6.54 Å². The third kappa shape index (κ3) is 8.29. The number of nitrogens with two attached hydrogens (primary N) is 1. The van der Waals surface area contributed by atoms with Gasteiger partial charge in [-0.15, -0.1) is 0 Å². The monoisotopic (exact) mass is 555 g/mol. The number of aliphatic hydroxyl groups is 1. The molecule has 210 valence electrons. The SMILES string of the molecule is Cc1nc(-c2ccc(C[C@@H](CNC(=O)[C@@H](C)N)NC(=O)c3ccc(OC(C)C)c(Cl)c3)cc2)cn1C(C)(C)O. The predicted octanol–water partition coefficient (Wildman–Crippen LogP) is 3.79. The molecule has 0 spiro atoms. The molecule has 0 saturated heterocycles. The molecule has 0 saturated carbocycles. The lowest BCUT2D eigenvalue weighted by Crippen LogP contribution is -2.48. The number of nitrogens with zero attached hydrogens (tertiary/aromatic N) is 2. The van der Waals surface area contributed by atoms with Crippen LogP contribution in [0.1, 0.15) is 56.4 Å². The highest BCUT2D eigenvalue weighted by atomic mass is 35.5. The number of amides is 2. The van der Waals surface area contributed by atoms with Crippen molar-refractivity contribution in [3.05, 3.63) is 70.6 Å². The molecule has 0 aliphatic heterocycles. The summed E-state index contributed by atoms with van der Waals surface area (Å²) >= 11 is 6.33. The van der Waals surface area contributed by atoms with Crippen LogP contribution in [0.2, 0.25) is 5.02 Å². The maximum absolute atomic E-state index is 13.1. The van der Waals surface area contributed by atoms with E-state index in [0.29, 0.717) is 28.6 Å². The van der Waals surface area contributed by atoms with E-state index in [2.05, 4.69) is 15.6 Å². The van der Waals surface area contributed by atoms with Gasteiger partial charge in [-0.05, 0) is 71.7 Å². The molecule has 5 N–H and O–H groups in total. The van der Waals surface area contributed by atoms with Crippen molar-refractivity contribution < 1.29 is 19.4 Å². The zero-order valence-corrected chi connectivity index (χ0v) is 24.0. The number of hydrogen-bond acceptors (Lipinski definition) is 6. The number of benzene rings is 2. The van der Waals surface area contributed by atoms with Gasteiger partial charge in [0, 0.05) is 23.9 Å². The summed E-state index contributed by atoms with van der Waals surface area (Å²) in [4.78, 5) is 29.8. The lowest BCUT2D eigenvalue weighted by atomic mass is 10.0. The van der Waals surface area contributed by atoms with Crippen molar-refractivity contribution in [2.45, 2.75) is 71.9 Å². The van der Waals surface area contributed by atoms with Gasteiger partial charge in [-0.25, -0.2) is 4.98 Å². The van der Waals surface area contributed by atoms with E-state index in [-0.39, 0.29) is 24.5 Å². The van der Waals surface area contributed by atoms with Gasteiger partial charge in [-0.2, -0.15) is 0 Å². The predicted molar refractivity (Wildman–Crippen MR) is 153 cm³/mol. The van der Waals surface area contributed by atoms with E-state index in [1.54, 1.807) is 43.5 Å². The summed E-state index contributed by atoms with van der Waals surface area (Å²) < 4.78 is 7.37. The molecule has 0 radical (unpaired) electrons. The Morgan fingerprint density at radius 2 is 1.82 bits per heavy atom. The Balaban J connectivity index is 1.76. The Kier molecular flexibility index (Phi) is 9.77. The molecule has 0 aliphatic carbocycles. The molecule has 10 heteroatoms. The third-order valence-corrected chi connectivity index (χ3v) is 6.33. The van der Waals surface area contributed by atoms with Gasteiger partial charge in [0.2, 0.25) is 5.91 Å². The van der Waals surface area contributed by atoms with Gasteiger partial charge in [0.1, 0.15) is 17.3 Å². The maximum Gasteiger partial charge on any atom is 0.251 e. The van der Waals surface area contributed by atoms with Crippen LogP contribution in [0, 0.1) is 6.92 Å². The van der Waals surface area contributed by atoms with Crippen molar-refractivity contribution in [1.29, 1.82) is 0 Å². The van der Waals surface area contributed by atoms with E-state index in [0.717, 1.165) is 16.8 Å². The molecule has 1 heterocycles. The molecule has 3 rings (SSSR count). The van der Waals surface area contributed by atoms with Crippen molar-refractivity contribution in [1.82, 2.24) is 20.2 Å². The van der Waals surface area contributed by atoms with Gasteiger partial charge < -0.3 is 30.8 Å². The lowest BCUT2D eigenvalue weighted by Gasteiger charge is -2.21. The molecule has 0 bridgehead atoms. The average Bonchev–Trinajstić information content (AvgIpc) is 3.25. The largest absolute Gasteiger partial charge is 0.489 e. The number of nitrogens with one attached hydrogen (secondary N) is 2. The number of carbonyl (C=O) groups excluding carboxylic acids is 2. The first-order valence-corrected chi connectivity index (χ1v) is 13.3. The van der Waals surface area contributed by atoms with E-state index in [4.69, 9.17) is 22.1 Å². The molecule has 0 unspecified atom stereocenters. The normalized spacial score (nSPS) is 13.2. The number of hydrogen-bond donors (Lipinski definition) is 4. The summed E-state index contributed by atoms with van der Waals surface area (Å²) in [6, 6.07) is 11.6. The van der Waals surface area contributed by atoms with Crippen LogP contribution in [-0.4, -0.2) is 51.2 Å². The molecule has 39 heavy (non-hydrogen) atoms. The number of ether oxygens (including phenoxy) is 1. The fraction of sp³-hybridized carbons (Fsp3) is 0.414. The van der Waals surface area contributed by atoms with Crippen molar-refractivity contribution in [3.8, 4) is 17.0 Å². The molecule has 2 aromatic carbocycles. The third-order valence-electron chi connectivity index (χ3n) is 6.03. The summed E-state index contributed by atoms with van der Waals surface area (Å²) in [6.45, 7) is 10.8. The topological polar surface area (TPSA) is 132 Å². The van der Waals surface area contributed by atoms with Crippen LogP contribution in [0.25, 0.3) is 11.3 Å². The van der Waals surface area contributed by atoms with Crippen LogP contribution in [0.4, 0.5) is 0 Å². The first-order valence-electron chi connectivity index (χ1n) is 12.9. The van der Waals surface area contributed by atoms with Crippen LogP contribution in [0.5, 0.6) is 5.75 Å². The average molecular weight is 556 g/mol. The van der Waals surface area contributed by atoms with Crippen LogP contribution in [0.3, 0.4) is 0 Å². The Hall–Kier alpha value is -3.40. The molecule has 9 nitrogen and oxygen atoms in total. The van der Waals surface area contributed by atoms with Crippen molar-refractivity contribution in [2.24, 2.45) is 5.73 Å². The zero-order chi connectivity index (χ0) is 28.9. The van der Waals surface area contributed by atoms with E-state index in [1.807, 2.05) is 51.2 Å². The quantitative estimate of drug-likeness (QED) is 0.285. The Morgan fingerprint density at radius 1 is 1.15 bits per heavy atom. The standard InChI is InChI=1S/C29H38ClN5O4/c1-17(2)39-26-12-11-22(14-24(26)30)28(37)34-23(15-32-27(36)18(3)31)13-20-7-9-21(10-8-20)25-16-35(19(4)33-25)29(5,6)38/h7-12,14,16-18,23,38H,13,15,31H2,1-6H3,(H,32,36)(H,34,37)/t18-,23+/m1/s1. The number of imidazole rings is 1. The number of carbonyl (C=O) groups is 2. The highest BCUT2D eigenvalue weighted by Gasteiger charge is 2.20. The Bertz CT molecular complexity index is 1300. The van der Waals surface area contributed by atoms with Gasteiger partial charge >= 0.3 is 0 Å². The summed E-state index contributed by atoms with van der Waals surface area (Å²) in [5.41, 5.74) is 7.62. The van der Waals surface area contributed by atoms with Crippen LogP contribution in [0.15, 0.2) is 48.7 Å². The van der Waals surface area contributed by atoms with Gasteiger partial charge in [-0.3, -0.25) is 9.59 Å². The van der Waals surface area contributed by atoms with E-state index in [9.17, 15) is 14.7 Å². The summed E-state index contributed by atoms with van der Waals surface area (Å²) in [7, 11) is 0. The number of aryl methyl sites for hydroxylation is 1. The van der Waals surface area contributed by atoms with Crippen molar-refractivity contribution >= 4 is 23.4 Å². The van der Waals surface area contributed by atoms with Gasteiger partial charge in [0.25, 0.3) is 5.91 Å². The molecular weight excluding hydrogens is 518 g/mol. The highest BCUT2D eigenvalue weighted by molar-refractivity contribution is 6.32. The second-order valence-corrected chi connectivity index (χ2v) is 10.9. The Labute approximate surface area is 234 Å². The number of halogens is 1. The van der Waals surface area contributed by atoms with Crippen LogP contribution in [-0.2, 0) is 16.9 Å². The summed E-state index contributed by atoms with van der Waals surface area (Å²) in [6.07, 6.45) is 2.23. The lowest BCUT2D eigenvalue weighted by molar-refractivity contribution is -0.122. The number of rotatable bonds is 11. The second kappa shape index (κ2) is 12.6. The molecule has 2 atom stereocenters. The van der Waals surface area contributed by atoms with Crippen LogP contribution < -0.4 is 21.1 Å². The van der Waals surface area contributed by atoms with Crippen LogP contribution >= 0.6 is 11.6 Å². The summed E-state index contributed by atoms with van der Waals surface area (Å²) in [5, 5.41) is 16.5. The minimum absolute atomic E-state index is 0.0484. The van der Waals surface area contributed by atoms with Crippen molar-refractivity contribution in [3.63, 3.8) is 0 Å². The highest BCUT2D eigenvalue weighted by Crippen LogP contribution is 2.27. The number of aromatic nitrogens is 2. The second-order valence-electron chi connectivity index (χ2n) is 10.5. The minimum Gasteiger partial charge on any atom is -0.489 e. The van der Waals surface area contributed by atoms with E-state index < -0.39 is 17.8 Å². The molecule has 0 aliphatic rings. The molecule has 3 aromatic rings. The Morgan fingerprint density at radius 3 is 2.36 bits per heavy atom. The van der Waals surface area contributed by atoms with Gasteiger partial charge in [-0.1, -0.05) is 35.9 Å². The van der Waals surface area contributed by atoms with Gasteiger partial charge in [0.15, 0.2) is 0 Å². The zero-order valence-electron chi connectivity index (χ0n) is 23.3. The summed E-state index contributed by atoms with van der Waals surface area (Å²) in [5.74, 6) is 0.586. The minimum atomic E-state index is -1.06. The molecule has 2 amide bonds. The van der Waals surface area contributed by atoms with E-state index >= 15 is 0 Å². The first kappa shape index (κ1) is 30.1. The van der Waals surface area contributed by atoms with E-state index in [1.165, 1.54) is 0 Å². The first-order chi connectivity index (χ1) is 18.2.